The number of amides is 2. The molecule has 0 fully saturated rings. The van der Waals surface area contributed by atoms with E-state index in [9.17, 15) is 9.59 Å². The summed E-state index contributed by atoms with van der Waals surface area (Å²) in [6.45, 7) is 0.0644. The summed E-state index contributed by atoms with van der Waals surface area (Å²) in [4.78, 5) is 41.3. The van der Waals surface area contributed by atoms with Crippen LogP contribution in [0.15, 0.2) is 36.9 Å². The van der Waals surface area contributed by atoms with Gasteiger partial charge in [-0.05, 0) is 12.1 Å². The molecule has 0 radical (unpaired) electrons. The summed E-state index contributed by atoms with van der Waals surface area (Å²) in [5, 5.41) is 12.2. The van der Waals surface area contributed by atoms with Crippen LogP contribution in [0.5, 0.6) is 0 Å². The Morgan fingerprint density at radius 3 is 2.59 bits per heavy atom. The van der Waals surface area contributed by atoms with Crippen molar-refractivity contribution in [1.82, 2.24) is 35.0 Å². The molecule has 0 saturated heterocycles. The van der Waals surface area contributed by atoms with E-state index in [1.54, 1.807) is 24.3 Å². The van der Waals surface area contributed by atoms with Crippen LogP contribution in [-0.2, 0) is 6.54 Å². The monoisotopic (exact) mass is 378 g/mol. The molecule has 11 heteroatoms. The lowest BCUT2D eigenvalue weighted by Gasteiger charge is -2.10. The molecule has 1 aliphatic rings. The number of hydrogen-bond donors (Lipinski definition) is 2. The number of imidazole rings is 1. The zero-order valence-corrected chi connectivity index (χ0v) is 14.4. The van der Waals surface area contributed by atoms with E-state index in [-0.39, 0.29) is 18.4 Å². The van der Waals surface area contributed by atoms with Crippen molar-refractivity contribution >= 4 is 45.3 Å². The predicted molar refractivity (Wildman–Crippen MR) is 95.5 cm³/mol. The Morgan fingerprint density at radius 2 is 1.81 bits per heavy atom. The Balaban J connectivity index is 1.37. The van der Waals surface area contributed by atoms with E-state index in [0.717, 1.165) is 0 Å². The summed E-state index contributed by atoms with van der Waals surface area (Å²) in [7, 11) is 0. The van der Waals surface area contributed by atoms with Gasteiger partial charge in [0, 0.05) is 0 Å². The van der Waals surface area contributed by atoms with E-state index < -0.39 is 0 Å². The van der Waals surface area contributed by atoms with Gasteiger partial charge in [0.15, 0.2) is 11.5 Å². The van der Waals surface area contributed by atoms with E-state index in [1.165, 1.54) is 28.9 Å². The Hall–Kier alpha value is -3.73. The van der Waals surface area contributed by atoms with Crippen LogP contribution >= 0.6 is 11.3 Å². The Labute approximate surface area is 155 Å². The highest BCUT2D eigenvalue weighted by atomic mass is 32.1. The number of fused-ring (bicyclic) bond motifs is 2. The van der Waals surface area contributed by atoms with Crippen molar-refractivity contribution in [2.75, 3.05) is 5.32 Å². The molecule has 3 aromatic heterocycles. The van der Waals surface area contributed by atoms with E-state index in [0.29, 0.717) is 38.2 Å². The van der Waals surface area contributed by atoms with Gasteiger partial charge in [0.1, 0.15) is 16.9 Å². The smallest absolute Gasteiger partial charge is 0.261 e. The van der Waals surface area contributed by atoms with E-state index in [4.69, 9.17) is 0 Å². The van der Waals surface area contributed by atoms with Crippen LogP contribution in [-0.4, -0.2) is 46.8 Å². The highest BCUT2D eigenvalue weighted by Crippen LogP contribution is 2.27. The first-order valence-electron chi connectivity index (χ1n) is 7.89. The molecular weight excluding hydrogens is 368 g/mol. The second kappa shape index (κ2) is 5.92. The lowest BCUT2D eigenvalue weighted by atomic mass is 10.1. The largest absolute Gasteiger partial charge is 0.340 e. The van der Waals surface area contributed by atoms with Crippen molar-refractivity contribution in [3.63, 3.8) is 0 Å². The third kappa shape index (κ3) is 2.52. The lowest BCUT2D eigenvalue weighted by molar-refractivity contribution is 0.0642. The molecule has 5 rings (SSSR count). The zero-order valence-electron chi connectivity index (χ0n) is 13.6. The van der Waals surface area contributed by atoms with Crippen LogP contribution in [0.1, 0.15) is 25.7 Å². The third-order valence-corrected chi connectivity index (χ3v) is 4.91. The van der Waals surface area contributed by atoms with Crippen molar-refractivity contribution in [3.8, 4) is 0 Å². The average Bonchev–Trinajstić information content (AvgIpc) is 3.39. The molecule has 0 aliphatic carbocycles. The van der Waals surface area contributed by atoms with Gasteiger partial charge in [0.2, 0.25) is 5.13 Å². The van der Waals surface area contributed by atoms with Gasteiger partial charge in [0.25, 0.3) is 11.8 Å². The molecule has 4 heterocycles. The number of rotatable bonds is 4. The summed E-state index contributed by atoms with van der Waals surface area (Å²) in [5.41, 5.74) is 2.00. The van der Waals surface area contributed by atoms with Crippen molar-refractivity contribution in [1.29, 1.82) is 0 Å². The second-order valence-electron chi connectivity index (χ2n) is 5.69. The van der Waals surface area contributed by atoms with E-state index >= 15 is 0 Å². The van der Waals surface area contributed by atoms with Gasteiger partial charge in [-0.3, -0.25) is 14.5 Å². The number of anilines is 2. The van der Waals surface area contributed by atoms with Gasteiger partial charge in [0.05, 0.1) is 24.0 Å². The number of benzene rings is 1. The molecule has 132 valence electrons. The molecule has 0 spiro atoms. The molecule has 2 amide bonds. The number of nitrogens with zero attached hydrogens (tertiary/aromatic N) is 6. The number of aromatic nitrogens is 6. The number of carbonyl (C=O) groups excluding carboxylic acids is 2. The molecule has 0 unspecified atom stereocenters. The zero-order chi connectivity index (χ0) is 18.4. The van der Waals surface area contributed by atoms with Crippen LogP contribution in [0.4, 0.5) is 10.9 Å². The maximum absolute atomic E-state index is 12.4. The standard InChI is InChI=1S/C16H10N8O2S/c25-14-8-3-1-2-4-9(8)15(26)24(14)5-10-22-23-16(27-10)21-13-11-12(18-6-17-11)19-7-20-13/h1-4,6-7H,5H2,(H2,17,18,19,20,21,23). The van der Waals surface area contributed by atoms with Gasteiger partial charge in [-0.25, -0.2) is 15.0 Å². The summed E-state index contributed by atoms with van der Waals surface area (Å²) >= 11 is 1.23. The van der Waals surface area contributed by atoms with Crippen LogP contribution in [0.3, 0.4) is 0 Å². The first-order chi connectivity index (χ1) is 13.2. The van der Waals surface area contributed by atoms with Gasteiger partial charge in [-0.15, -0.1) is 10.2 Å². The lowest BCUT2D eigenvalue weighted by Crippen LogP contribution is -2.29. The summed E-state index contributed by atoms with van der Waals surface area (Å²) in [5.74, 6) is -0.133. The highest BCUT2D eigenvalue weighted by molar-refractivity contribution is 7.15. The molecule has 1 aliphatic heterocycles. The van der Waals surface area contributed by atoms with Crippen LogP contribution in [0.2, 0.25) is 0 Å². The molecule has 0 saturated carbocycles. The average molecular weight is 378 g/mol. The normalized spacial score (nSPS) is 13.4. The molecule has 27 heavy (non-hydrogen) atoms. The SMILES string of the molecule is O=C1c2ccccc2C(=O)N1Cc1nnc(Nc2ncnc3nc[nH]c23)s1. The molecule has 10 nitrogen and oxygen atoms in total. The summed E-state index contributed by atoms with van der Waals surface area (Å²) in [6, 6.07) is 6.76. The minimum atomic E-state index is -0.324. The number of H-pyrrole nitrogens is 1. The van der Waals surface area contributed by atoms with Crippen molar-refractivity contribution in [3.05, 3.63) is 53.1 Å². The molecule has 2 N–H and O–H groups in total. The fraction of sp³-hybridized carbons (Fsp3) is 0.0625. The fourth-order valence-corrected chi connectivity index (χ4v) is 3.57. The maximum atomic E-state index is 12.4. The fourth-order valence-electron chi connectivity index (χ4n) is 2.85. The highest BCUT2D eigenvalue weighted by Gasteiger charge is 2.35. The van der Waals surface area contributed by atoms with E-state index in [1.807, 2.05) is 0 Å². The molecule has 1 aromatic carbocycles. The van der Waals surface area contributed by atoms with Gasteiger partial charge in [-0.2, -0.15) is 0 Å². The Morgan fingerprint density at radius 1 is 1.04 bits per heavy atom. The first-order valence-corrected chi connectivity index (χ1v) is 8.71. The van der Waals surface area contributed by atoms with Gasteiger partial charge >= 0.3 is 0 Å². The first kappa shape index (κ1) is 15.5. The molecular formula is C16H10N8O2S. The minimum Gasteiger partial charge on any atom is -0.340 e. The number of aromatic amines is 1. The topological polar surface area (TPSA) is 130 Å². The van der Waals surface area contributed by atoms with Crippen molar-refractivity contribution < 1.29 is 9.59 Å². The van der Waals surface area contributed by atoms with Crippen molar-refractivity contribution in [2.24, 2.45) is 0 Å². The minimum absolute atomic E-state index is 0.0644. The number of carbonyl (C=O) groups is 2. The second-order valence-corrected chi connectivity index (χ2v) is 6.75. The molecule has 0 bridgehead atoms. The van der Waals surface area contributed by atoms with Crippen molar-refractivity contribution in [2.45, 2.75) is 6.54 Å². The Kier molecular flexibility index (Phi) is 3.40. The summed E-state index contributed by atoms with van der Waals surface area (Å²) in [6.07, 6.45) is 2.92. The quantitative estimate of drug-likeness (QED) is 0.514. The Bertz CT molecular complexity index is 1160. The summed E-state index contributed by atoms with van der Waals surface area (Å²) < 4.78 is 0. The van der Waals surface area contributed by atoms with Crippen LogP contribution in [0.25, 0.3) is 11.2 Å². The number of imide groups is 1. The molecule has 0 atom stereocenters. The third-order valence-electron chi connectivity index (χ3n) is 4.09. The predicted octanol–water partition coefficient (Wildman–Crippen LogP) is 1.74. The number of nitrogens with one attached hydrogen (secondary N) is 2. The number of hydrogen-bond acceptors (Lipinski definition) is 9. The van der Waals surface area contributed by atoms with E-state index in [2.05, 4.69) is 35.5 Å². The van der Waals surface area contributed by atoms with Crippen LogP contribution in [0, 0.1) is 0 Å². The molecule has 4 aromatic rings. The van der Waals surface area contributed by atoms with Crippen LogP contribution < -0.4 is 5.32 Å². The van der Waals surface area contributed by atoms with Gasteiger partial charge in [-0.1, -0.05) is 23.5 Å². The maximum Gasteiger partial charge on any atom is 0.261 e. The van der Waals surface area contributed by atoms with Gasteiger partial charge < -0.3 is 10.3 Å².